The first-order valence-corrected chi connectivity index (χ1v) is 6.24. The Kier molecular flexibility index (Phi) is 4.13. The molecule has 0 spiro atoms. The molecule has 0 heterocycles. The summed E-state index contributed by atoms with van der Waals surface area (Å²) in [6.07, 6.45) is 0. The highest BCUT2D eigenvalue weighted by Gasteiger charge is 2.15. The second-order valence-corrected chi connectivity index (χ2v) is 4.71. The molecule has 0 unspecified atom stereocenters. The molecule has 0 aromatic heterocycles. The Hall–Kier alpha value is -2.23. The van der Waals surface area contributed by atoms with E-state index in [1.165, 1.54) is 17.0 Å². The Balaban J connectivity index is 2.18. The lowest BCUT2D eigenvalue weighted by Crippen LogP contribution is -2.27. The third-order valence-corrected chi connectivity index (χ3v) is 3.14. The van der Waals surface area contributed by atoms with Crippen LogP contribution in [0.5, 0.6) is 0 Å². The third-order valence-electron chi connectivity index (χ3n) is 3.14. The summed E-state index contributed by atoms with van der Waals surface area (Å²) in [4.78, 5) is 13.7. The van der Waals surface area contributed by atoms with Crippen molar-refractivity contribution in [3.05, 3.63) is 70.8 Å². The molecule has 0 radical (unpaired) electrons. The first-order chi connectivity index (χ1) is 9.49. The fourth-order valence-electron chi connectivity index (χ4n) is 2.00. The van der Waals surface area contributed by atoms with E-state index in [1.807, 2.05) is 19.1 Å². The molecular formula is C16H15F2NO. The summed E-state index contributed by atoms with van der Waals surface area (Å²) >= 11 is 0. The SMILES string of the molecule is Cc1ccccc1C(=O)N(C)Cc1ccc(F)cc1F. The van der Waals surface area contributed by atoms with E-state index in [1.54, 1.807) is 19.2 Å². The Morgan fingerprint density at radius 3 is 2.50 bits per heavy atom. The molecule has 0 fully saturated rings. The zero-order valence-electron chi connectivity index (χ0n) is 11.4. The number of hydrogen-bond acceptors (Lipinski definition) is 1. The molecule has 104 valence electrons. The second-order valence-electron chi connectivity index (χ2n) is 4.71. The number of carbonyl (C=O) groups excluding carboxylic acids is 1. The number of aryl methyl sites for hydroxylation is 1. The molecule has 0 aliphatic heterocycles. The second kappa shape index (κ2) is 5.82. The predicted octanol–water partition coefficient (Wildman–Crippen LogP) is 3.55. The van der Waals surface area contributed by atoms with Crippen LogP contribution >= 0.6 is 0 Å². The summed E-state index contributed by atoms with van der Waals surface area (Å²) in [5, 5.41) is 0. The lowest BCUT2D eigenvalue weighted by Gasteiger charge is -2.18. The first kappa shape index (κ1) is 14.2. The van der Waals surface area contributed by atoms with E-state index >= 15 is 0 Å². The quantitative estimate of drug-likeness (QED) is 0.839. The van der Waals surface area contributed by atoms with Gasteiger partial charge in [0.15, 0.2) is 0 Å². The highest BCUT2D eigenvalue weighted by molar-refractivity contribution is 5.95. The van der Waals surface area contributed by atoms with Crippen LogP contribution in [-0.4, -0.2) is 17.9 Å². The summed E-state index contributed by atoms with van der Waals surface area (Å²) < 4.78 is 26.4. The minimum Gasteiger partial charge on any atom is -0.337 e. The standard InChI is InChI=1S/C16H15F2NO/c1-11-5-3-4-6-14(11)16(20)19(2)10-12-7-8-13(17)9-15(12)18/h3-9H,10H2,1-2H3. The molecule has 2 nitrogen and oxygen atoms in total. The maximum absolute atomic E-state index is 13.6. The first-order valence-electron chi connectivity index (χ1n) is 6.24. The monoisotopic (exact) mass is 275 g/mol. The fraction of sp³-hybridized carbons (Fsp3) is 0.188. The van der Waals surface area contributed by atoms with Crippen LogP contribution in [0.4, 0.5) is 8.78 Å². The van der Waals surface area contributed by atoms with Gasteiger partial charge in [0.05, 0.1) is 0 Å². The van der Waals surface area contributed by atoms with Crippen LogP contribution in [0.1, 0.15) is 21.5 Å². The number of nitrogens with zero attached hydrogens (tertiary/aromatic N) is 1. The number of hydrogen-bond donors (Lipinski definition) is 0. The number of benzene rings is 2. The molecule has 1 amide bonds. The van der Waals surface area contributed by atoms with Crippen molar-refractivity contribution < 1.29 is 13.6 Å². The topological polar surface area (TPSA) is 20.3 Å². The summed E-state index contributed by atoms with van der Waals surface area (Å²) in [5.74, 6) is -1.46. The van der Waals surface area contributed by atoms with Crippen molar-refractivity contribution in [3.63, 3.8) is 0 Å². The highest BCUT2D eigenvalue weighted by Crippen LogP contribution is 2.15. The Bertz CT molecular complexity index is 640. The molecule has 0 atom stereocenters. The average Bonchev–Trinajstić information content (AvgIpc) is 2.41. The van der Waals surface area contributed by atoms with Gasteiger partial charge in [0, 0.05) is 30.8 Å². The Morgan fingerprint density at radius 2 is 1.85 bits per heavy atom. The molecule has 0 bridgehead atoms. The van der Waals surface area contributed by atoms with Gasteiger partial charge in [0.2, 0.25) is 0 Å². The molecule has 2 aromatic rings. The van der Waals surface area contributed by atoms with E-state index in [0.717, 1.165) is 11.6 Å². The molecule has 4 heteroatoms. The van der Waals surface area contributed by atoms with Gasteiger partial charge in [0.25, 0.3) is 5.91 Å². The molecule has 0 aliphatic carbocycles. The van der Waals surface area contributed by atoms with E-state index in [-0.39, 0.29) is 18.0 Å². The smallest absolute Gasteiger partial charge is 0.254 e. The van der Waals surface area contributed by atoms with E-state index in [4.69, 9.17) is 0 Å². The van der Waals surface area contributed by atoms with Crippen LogP contribution in [0.3, 0.4) is 0 Å². The zero-order chi connectivity index (χ0) is 14.7. The number of carbonyl (C=O) groups is 1. The van der Waals surface area contributed by atoms with E-state index in [0.29, 0.717) is 5.56 Å². The molecule has 0 aliphatic rings. The van der Waals surface area contributed by atoms with E-state index in [2.05, 4.69) is 0 Å². The molecule has 2 rings (SSSR count). The molecule has 20 heavy (non-hydrogen) atoms. The maximum Gasteiger partial charge on any atom is 0.254 e. The van der Waals surface area contributed by atoms with Crippen molar-refractivity contribution in [2.24, 2.45) is 0 Å². The van der Waals surface area contributed by atoms with Gasteiger partial charge in [-0.3, -0.25) is 4.79 Å². The molecular weight excluding hydrogens is 260 g/mol. The van der Waals surface area contributed by atoms with Crippen LogP contribution in [-0.2, 0) is 6.54 Å². The van der Waals surface area contributed by atoms with Crippen molar-refractivity contribution in [3.8, 4) is 0 Å². The maximum atomic E-state index is 13.6. The normalized spacial score (nSPS) is 10.4. The zero-order valence-corrected chi connectivity index (χ0v) is 11.4. The molecule has 0 N–H and O–H groups in total. The van der Waals surface area contributed by atoms with Crippen molar-refractivity contribution in [1.82, 2.24) is 4.90 Å². The summed E-state index contributed by atoms with van der Waals surface area (Å²) in [6.45, 7) is 1.94. The van der Waals surface area contributed by atoms with Crippen LogP contribution in [0, 0.1) is 18.6 Å². The van der Waals surface area contributed by atoms with Crippen molar-refractivity contribution in [2.75, 3.05) is 7.05 Å². The molecule has 0 saturated heterocycles. The van der Waals surface area contributed by atoms with Gasteiger partial charge in [-0.15, -0.1) is 0 Å². The Labute approximate surface area is 116 Å². The number of rotatable bonds is 3. The van der Waals surface area contributed by atoms with Crippen molar-refractivity contribution >= 4 is 5.91 Å². The Morgan fingerprint density at radius 1 is 1.15 bits per heavy atom. The molecule has 0 saturated carbocycles. The van der Waals surface area contributed by atoms with Gasteiger partial charge in [-0.1, -0.05) is 24.3 Å². The van der Waals surface area contributed by atoms with Crippen LogP contribution in [0.15, 0.2) is 42.5 Å². The van der Waals surface area contributed by atoms with Gasteiger partial charge in [-0.25, -0.2) is 8.78 Å². The van der Waals surface area contributed by atoms with Gasteiger partial charge >= 0.3 is 0 Å². The van der Waals surface area contributed by atoms with Crippen LogP contribution < -0.4 is 0 Å². The van der Waals surface area contributed by atoms with Gasteiger partial charge in [-0.2, -0.15) is 0 Å². The van der Waals surface area contributed by atoms with E-state index < -0.39 is 11.6 Å². The summed E-state index contributed by atoms with van der Waals surface area (Å²) in [7, 11) is 1.59. The van der Waals surface area contributed by atoms with Crippen LogP contribution in [0.2, 0.25) is 0 Å². The summed E-state index contributed by atoms with van der Waals surface area (Å²) in [5.41, 5.74) is 1.73. The highest BCUT2D eigenvalue weighted by atomic mass is 19.1. The van der Waals surface area contributed by atoms with Crippen molar-refractivity contribution in [1.29, 1.82) is 0 Å². The van der Waals surface area contributed by atoms with Gasteiger partial charge in [-0.05, 0) is 24.6 Å². The summed E-state index contributed by atoms with van der Waals surface area (Å²) in [6, 6.07) is 10.6. The number of halogens is 2. The van der Waals surface area contributed by atoms with E-state index in [9.17, 15) is 13.6 Å². The van der Waals surface area contributed by atoms with Gasteiger partial charge in [0.1, 0.15) is 11.6 Å². The van der Waals surface area contributed by atoms with Crippen molar-refractivity contribution in [2.45, 2.75) is 13.5 Å². The predicted molar refractivity (Wildman–Crippen MR) is 73.3 cm³/mol. The minimum atomic E-state index is -0.644. The minimum absolute atomic E-state index is 0.0965. The third kappa shape index (κ3) is 3.02. The van der Waals surface area contributed by atoms with Crippen LogP contribution in [0.25, 0.3) is 0 Å². The lowest BCUT2D eigenvalue weighted by atomic mass is 10.1. The molecule has 2 aromatic carbocycles. The number of amides is 1. The average molecular weight is 275 g/mol. The largest absolute Gasteiger partial charge is 0.337 e. The lowest BCUT2D eigenvalue weighted by molar-refractivity contribution is 0.0783. The van der Waals surface area contributed by atoms with Gasteiger partial charge < -0.3 is 4.90 Å². The fourth-order valence-corrected chi connectivity index (χ4v) is 2.00.